The Morgan fingerprint density at radius 2 is 1.18 bits per heavy atom. The van der Waals surface area contributed by atoms with E-state index < -0.39 is 0 Å². The van der Waals surface area contributed by atoms with Crippen LogP contribution in [0.4, 0.5) is 0 Å². The number of rotatable bonds is 4. The first-order valence-corrected chi connectivity index (χ1v) is 10.4. The maximum Gasteiger partial charge on any atom is 0.00610 e. The molecule has 0 aromatic heterocycles. The lowest BCUT2D eigenvalue weighted by Gasteiger charge is -2.22. The molecule has 3 aromatic rings. The first-order chi connectivity index (χ1) is 13.1. The highest BCUT2D eigenvalue weighted by molar-refractivity contribution is 5.44. The summed E-state index contributed by atoms with van der Waals surface area (Å²) in [4.78, 5) is 0. The molecule has 0 N–H and O–H groups in total. The Kier molecular flexibility index (Phi) is 5.79. The van der Waals surface area contributed by atoms with Crippen molar-refractivity contribution < 1.29 is 0 Å². The third-order valence-corrected chi connectivity index (χ3v) is 6.00. The molecule has 0 bridgehead atoms. The first-order valence-electron chi connectivity index (χ1n) is 10.4. The first kappa shape index (κ1) is 20.4. The van der Waals surface area contributed by atoms with Crippen molar-refractivity contribution in [2.45, 2.75) is 66.2 Å². The molecular formula is C28H34. The zero-order chi connectivity index (χ0) is 20.5. The van der Waals surface area contributed by atoms with E-state index in [-0.39, 0.29) is 5.41 Å². The molecule has 0 saturated carbocycles. The van der Waals surface area contributed by atoms with Gasteiger partial charge in [0, 0.05) is 5.92 Å². The van der Waals surface area contributed by atoms with Crippen molar-refractivity contribution in [1.29, 1.82) is 0 Å². The van der Waals surface area contributed by atoms with Gasteiger partial charge in [-0.1, -0.05) is 93.9 Å². The fraction of sp³-hybridized carbons (Fsp3) is 0.357. The Morgan fingerprint density at radius 1 is 0.714 bits per heavy atom. The number of hydrogen-bond acceptors (Lipinski definition) is 0. The average Bonchev–Trinajstić information content (AvgIpc) is 2.64. The standard InChI is InChI=1S/C28H34/c1-19-8-12-24(13-9-19)22(4)25-14-10-23(11-15-25)18-27-20(2)16-26(17-21(27)3)28(5,6)7/h8-17,22H,18H2,1-7H3. The Hall–Kier alpha value is -2.34. The van der Waals surface area contributed by atoms with Gasteiger partial charge in [-0.15, -0.1) is 0 Å². The van der Waals surface area contributed by atoms with Gasteiger partial charge < -0.3 is 0 Å². The van der Waals surface area contributed by atoms with E-state index in [2.05, 4.69) is 109 Å². The van der Waals surface area contributed by atoms with E-state index in [4.69, 9.17) is 0 Å². The molecule has 0 heteroatoms. The Balaban J connectivity index is 1.80. The van der Waals surface area contributed by atoms with Crippen LogP contribution in [0.25, 0.3) is 0 Å². The minimum atomic E-state index is 0.196. The molecule has 0 aliphatic heterocycles. The van der Waals surface area contributed by atoms with E-state index in [1.165, 1.54) is 44.5 Å². The van der Waals surface area contributed by atoms with E-state index in [1.807, 2.05) is 0 Å². The molecule has 0 amide bonds. The van der Waals surface area contributed by atoms with Crippen molar-refractivity contribution in [3.8, 4) is 0 Å². The molecule has 28 heavy (non-hydrogen) atoms. The summed E-state index contributed by atoms with van der Waals surface area (Å²) in [5.74, 6) is 0.421. The summed E-state index contributed by atoms with van der Waals surface area (Å²) in [6.45, 7) is 15.8. The van der Waals surface area contributed by atoms with Gasteiger partial charge in [0.2, 0.25) is 0 Å². The highest BCUT2D eigenvalue weighted by atomic mass is 14.2. The maximum absolute atomic E-state index is 2.37. The lowest BCUT2D eigenvalue weighted by Crippen LogP contribution is -2.12. The van der Waals surface area contributed by atoms with Gasteiger partial charge in [0.25, 0.3) is 0 Å². The normalized spacial score (nSPS) is 12.8. The fourth-order valence-corrected chi connectivity index (χ4v) is 3.88. The van der Waals surface area contributed by atoms with Gasteiger partial charge in [-0.05, 0) is 71.6 Å². The second-order valence-electron chi connectivity index (χ2n) is 9.39. The minimum Gasteiger partial charge on any atom is -0.0590 e. The van der Waals surface area contributed by atoms with Crippen LogP contribution in [0.1, 0.15) is 78.1 Å². The quantitative estimate of drug-likeness (QED) is 0.442. The third kappa shape index (κ3) is 4.55. The smallest absolute Gasteiger partial charge is 0.00610 e. The van der Waals surface area contributed by atoms with Gasteiger partial charge in [0.15, 0.2) is 0 Å². The van der Waals surface area contributed by atoms with E-state index in [0.29, 0.717) is 5.92 Å². The van der Waals surface area contributed by atoms with Gasteiger partial charge in [0.1, 0.15) is 0 Å². The summed E-state index contributed by atoms with van der Waals surface area (Å²) >= 11 is 0. The van der Waals surface area contributed by atoms with Crippen LogP contribution in [0.3, 0.4) is 0 Å². The molecular weight excluding hydrogens is 336 g/mol. The second kappa shape index (κ2) is 7.95. The summed E-state index contributed by atoms with van der Waals surface area (Å²) in [5.41, 5.74) is 11.3. The fourth-order valence-electron chi connectivity index (χ4n) is 3.88. The van der Waals surface area contributed by atoms with Crippen molar-refractivity contribution in [1.82, 2.24) is 0 Å². The van der Waals surface area contributed by atoms with Gasteiger partial charge in [-0.2, -0.15) is 0 Å². The number of benzene rings is 3. The Bertz CT molecular complexity index is 912. The van der Waals surface area contributed by atoms with Gasteiger partial charge >= 0.3 is 0 Å². The van der Waals surface area contributed by atoms with Crippen molar-refractivity contribution >= 4 is 0 Å². The lowest BCUT2D eigenvalue weighted by atomic mass is 9.83. The summed E-state index contributed by atoms with van der Waals surface area (Å²) < 4.78 is 0. The minimum absolute atomic E-state index is 0.196. The summed E-state index contributed by atoms with van der Waals surface area (Å²) in [6, 6.07) is 22.8. The monoisotopic (exact) mass is 370 g/mol. The predicted molar refractivity (Wildman–Crippen MR) is 123 cm³/mol. The van der Waals surface area contributed by atoms with Crippen LogP contribution in [0.15, 0.2) is 60.7 Å². The van der Waals surface area contributed by atoms with Crippen LogP contribution < -0.4 is 0 Å². The average molecular weight is 371 g/mol. The summed E-state index contributed by atoms with van der Waals surface area (Å²) in [5, 5.41) is 0. The van der Waals surface area contributed by atoms with Gasteiger partial charge in [-0.3, -0.25) is 0 Å². The van der Waals surface area contributed by atoms with E-state index >= 15 is 0 Å². The Morgan fingerprint density at radius 3 is 1.64 bits per heavy atom. The lowest BCUT2D eigenvalue weighted by molar-refractivity contribution is 0.589. The molecule has 0 radical (unpaired) electrons. The topological polar surface area (TPSA) is 0 Å². The largest absolute Gasteiger partial charge is 0.0590 e. The van der Waals surface area contributed by atoms with Crippen LogP contribution in [-0.2, 0) is 11.8 Å². The third-order valence-electron chi connectivity index (χ3n) is 6.00. The van der Waals surface area contributed by atoms with Gasteiger partial charge in [-0.25, -0.2) is 0 Å². The molecule has 0 saturated heterocycles. The molecule has 1 atom stereocenters. The molecule has 3 aromatic carbocycles. The van der Waals surface area contributed by atoms with Crippen LogP contribution in [0.2, 0.25) is 0 Å². The van der Waals surface area contributed by atoms with Crippen molar-refractivity contribution in [3.05, 3.63) is 105 Å². The predicted octanol–water partition coefficient (Wildman–Crippen LogP) is 7.65. The number of hydrogen-bond donors (Lipinski definition) is 0. The van der Waals surface area contributed by atoms with Crippen LogP contribution >= 0.6 is 0 Å². The molecule has 0 spiro atoms. The Labute approximate surface area is 171 Å². The zero-order valence-electron chi connectivity index (χ0n) is 18.6. The maximum atomic E-state index is 2.37. The molecule has 0 aliphatic rings. The zero-order valence-corrected chi connectivity index (χ0v) is 18.6. The molecule has 1 unspecified atom stereocenters. The SMILES string of the molecule is Cc1ccc(C(C)c2ccc(Cc3c(C)cc(C(C)(C)C)cc3C)cc2)cc1. The highest BCUT2D eigenvalue weighted by Crippen LogP contribution is 2.29. The van der Waals surface area contributed by atoms with Crippen molar-refractivity contribution in [3.63, 3.8) is 0 Å². The second-order valence-corrected chi connectivity index (χ2v) is 9.39. The van der Waals surface area contributed by atoms with E-state index in [0.717, 1.165) is 6.42 Å². The van der Waals surface area contributed by atoms with Crippen molar-refractivity contribution in [2.75, 3.05) is 0 Å². The molecule has 0 heterocycles. The molecule has 0 fully saturated rings. The molecule has 0 nitrogen and oxygen atoms in total. The molecule has 146 valence electrons. The summed E-state index contributed by atoms with van der Waals surface area (Å²) in [7, 11) is 0. The van der Waals surface area contributed by atoms with Crippen LogP contribution in [0.5, 0.6) is 0 Å². The number of aryl methyl sites for hydroxylation is 3. The van der Waals surface area contributed by atoms with Gasteiger partial charge in [0.05, 0.1) is 0 Å². The molecule has 3 rings (SSSR count). The van der Waals surface area contributed by atoms with E-state index in [9.17, 15) is 0 Å². The summed E-state index contributed by atoms with van der Waals surface area (Å²) in [6.07, 6.45) is 1.00. The van der Waals surface area contributed by atoms with E-state index in [1.54, 1.807) is 0 Å². The highest BCUT2D eigenvalue weighted by Gasteiger charge is 2.16. The van der Waals surface area contributed by atoms with Crippen LogP contribution in [0, 0.1) is 20.8 Å². The molecule has 0 aliphatic carbocycles. The van der Waals surface area contributed by atoms with Crippen molar-refractivity contribution in [2.24, 2.45) is 0 Å². The van der Waals surface area contributed by atoms with Crippen LogP contribution in [-0.4, -0.2) is 0 Å².